The van der Waals surface area contributed by atoms with Crippen LogP contribution in [0.15, 0.2) is 36.4 Å². The highest BCUT2D eigenvalue weighted by Crippen LogP contribution is 2.20. The summed E-state index contributed by atoms with van der Waals surface area (Å²) in [5.74, 6) is 0.408. The van der Waals surface area contributed by atoms with Gasteiger partial charge >= 0.3 is 0 Å². The highest BCUT2D eigenvalue weighted by atomic mass is 16.5. The third-order valence-corrected chi connectivity index (χ3v) is 4.05. The Hall–Kier alpha value is -2.34. The molecule has 0 N–H and O–H groups in total. The molecule has 1 aromatic carbocycles. The molecule has 1 fully saturated rings. The Morgan fingerprint density at radius 1 is 0.955 bits per heavy atom. The largest absolute Gasteiger partial charge is 0.497 e. The Balaban J connectivity index is 1.53. The highest BCUT2D eigenvalue weighted by Gasteiger charge is 2.27. The van der Waals surface area contributed by atoms with Gasteiger partial charge in [-0.15, -0.1) is 0 Å². The van der Waals surface area contributed by atoms with Gasteiger partial charge in [0, 0.05) is 44.0 Å². The topological polar surface area (TPSA) is 53.1 Å². The molecule has 1 aromatic rings. The maximum atomic E-state index is 11.6. The maximum Gasteiger partial charge on any atom is 0.254 e. The van der Waals surface area contributed by atoms with Crippen molar-refractivity contribution in [2.75, 3.05) is 44.9 Å². The number of methoxy groups -OCH3 is 1. The molecule has 116 valence electrons. The van der Waals surface area contributed by atoms with Crippen molar-refractivity contribution < 1.29 is 14.3 Å². The number of ether oxygens (including phenoxy) is 1. The lowest BCUT2D eigenvalue weighted by Crippen LogP contribution is -2.51. The van der Waals surface area contributed by atoms with E-state index >= 15 is 0 Å². The zero-order valence-electron chi connectivity index (χ0n) is 12.6. The van der Waals surface area contributed by atoms with Crippen LogP contribution in [0.4, 0.5) is 5.69 Å². The molecule has 6 heteroatoms. The molecule has 3 rings (SSSR count). The number of imide groups is 1. The van der Waals surface area contributed by atoms with Gasteiger partial charge in [-0.25, -0.2) is 0 Å². The predicted octanol–water partition coefficient (Wildman–Crippen LogP) is 0.700. The Morgan fingerprint density at radius 2 is 1.55 bits per heavy atom. The number of hydrogen-bond acceptors (Lipinski definition) is 5. The van der Waals surface area contributed by atoms with Crippen molar-refractivity contribution in [2.24, 2.45) is 0 Å². The summed E-state index contributed by atoms with van der Waals surface area (Å²) >= 11 is 0. The van der Waals surface area contributed by atoms with Crippen LogP contribution in [0.2, 0.25) is 0 Å². The van der Waals surface area contributed by atoms with E-state index in [0.29, 0.717) is 6.67 Å². The summed E-state index contributed by atoms with van der Waals surface area (Å²) in [6.45, 7) is 3.76. The van der Waals surface area contributed by atoms with E-state index < -0.39 is 0 Å². The number of rotatable bonds is 4. The molecule has 0 aromatic heterocycles. The number of nitrogens with zero attached hydrogens (tertiary/aromatic N) is 3. The van der Waals surface area contributed by atoms with Gasteiger partial charge in [-0.1, -0.05) is 0 Å². The van der Waals surface area contributed by atoms with Crippen LogP contribution in [0, 0.1) is 0 Å². The Labute approximate surface area is 129 Å². The van der Waals surface area contributed by atoms with Gasteiger partial charge in [-0.2, -0.15) is 0 Å². The number of anilines is 1. The molecule has 2 amide bonds. The lowest BCUT2D eigenvalue weighted by Gasteiger charge is -2.37. The van der Waals surface area contributed by atoms with Gasteiger partial charge in [0.1, 0.15) is 5.75 Å². The van der Waals surface area contributed by atoms with Gasteiger partial charge in [-0.3, -0.25) is 19.4 Å². The molecule has 2 aliphatic rings. The number of benzene rings is 1. The molecule has 0 saturated carbocycles. The molecule has 0 unspecified atom stereocenters. The zero-order valence-corrected chi connectivity index (χ0v) is 12.6. The molecular weight excluding hydrogens is 282 g/mol. The van der Waals surface area contributed by atoms with E-state index in [4.69, 9.17) is 4.74 Å². The van der Waals surface area contributed by atoms with Crippen molar-refractivity contribution in [3.63, 3.8) is 0 Å². The van der Waals surface area contributed by atoms with E-state index in [9.17, 15) is 9.59 Å². The number of hydrogen-bond donors (Lipinski definition) is 0. The zero-order chi connectivity index (χ0) is 15.5. The summed E-state index contributed by atoms with van der Waals surface area (Å²) in [4.78, 5) is 28.8. The number of carbonyl (C=O) groups excluding carboxylic acids is 2. The van der Waals surface area contributed by atoms with Crippen LogP contribution in [0.1, 0.15) is 0 Å². The van der Waals surface area contributed by atoms with Gasteiger partial charge in [0.15, 0.2) is 0 Å². The van der Waals surface area contributed by atoms with Crippen LogP contribution in [-0.4, -0.2) is 61.6 Å². The molecule has 0 atom stereocenters. The van der Waals surface area contributed by atoms with E-state index in [-0.39, 0.29) is 11.8 Å². The van der Waals surface area contributed by atoms with Crippen molar-refractivity contribution in [2.45, 2.75) is 0 Å². The van der Waals surface area contributed by atoms with E-state index in [1.165, 1.54) is 17.1 Å². The second-order valence-electron chi connectivity index (χ2n) is 5.38. The normalized spacial score (nSPS) is 19.1. The number of amides is 2. The average Bonchev–Trinajstić information content (AvgIpc) is 2.88. The molecule has 22 heavy (non-hydrogen) atoms. The molecule has 0 spiro atoms. The molecule has 0 bridgehead atoms. The molecule has 2 heterocycles. The van der Waals surface area contributed by atoms with Gasteiger partial charge < -0.3 is 9.64 Å². The summed E-state index contributed by atoms with van der Waals surface area (Å²) in [5.41, 5.74) is 1.16. The quantitative estimate of drug-likeness (QED) is 0.766. The maximum absolute atomic E-state index is 11.6. The summed E-state index contributed by atoms with van der Waals surface area (Å²) in [7, 11) is 1.66. The lowest BCUT2D eigenvalue weighted by atomic mass is 10.2. The minimum Gasteiger partial charge on any atom is -0.497 e. The van der Waals surface area contributed by atoms with Crippen molar-refractivity contribution in [3.8, 4) is 5.75 Å². The monoisotopic (exact) mass is 301 g/mol. The fraction of sp³-hybridized carbons (Fsp3) is 0.375. The average molecular weight is 301 g/mol. The second-order valence-corrected chi connectivity index (χ2v) is 5.38. The third-order valence-electron chi connectivity index (χ3n) is 4.05. The van der Waals surface area contributed by atoms with Crippen LogP contribution in [-0.2, 0) is 9.59 Å². The molecule has 0 aliphatic carbocycles. The minimum atomic E-state index is -0.220. The number of piperazine rings is 1. The molecular formula is C16H19N3O3. The second kappa shape index (κ2) is 6.19. The van der Waals surface area contributed by atoms with Crippen LogP contribution < -0.4 is 9.64 Å². The Bertz CT molecular complexity index is 571. The first-order chi connectivity index (χ1) is 10.7. The van der Waals surface area contributed by atoms with Crippen molar-refractivity contribution in [1.29, 1.82) is 0 Å². The highest BCUT2D eigenvalue weighted by molar-refractivity contribution is 6.12. The fourth-order valence-electron chi connectivity index (χ4n) is 2.71. The molecule has 1 saturated heterocycles. The van der Waals surface area contributed by atoms with Crippen LogP contribution in [0.3, 0.4) is 0 Å². The smallest absolute Gasteiger partial charge is 0.254 e. The van der Waals surface area contributed by atoms with E-state index in [2.05, 4.69) is 9.80 Å². The summed E-state index contributed by atoms with van der Waals surface area (Å²) in [6, 6.07) is 8.00. The predicted molar refractivity (Wildman–Crippen MR) is 82.6 cm³/mol. The SMILES string of the molecule is COc1ccc(N2CCN(CN3C(=O)C=CC3=O)CC2)cc1. The summed E-state index contributed by atoms with van der Waals surface area (Å²) < 4.78 is 5.17. The molecule has 2 aliphatic heterocycles. The molecule has 6 nitrogen and oxygen atoms in total. The van der Waals surface area contributed by atoms with Crippen molar-refractivity contribution >= 4 is 17.5 Å². The van der Waals surface area contributed by atoms with Gasteiger partial charge in [0.2, 0.25) is 0 Å². The standard InChI is InChI=1S/C16H19N3O3/c1-22-14-4-2-13(3-5-14)18-10-8-17(9-11-18)12-19-15(20)6-7-16(19)21/h2-7H,8-12H2,1H3. The fourth-order valence-corrected chi connectivity index (χ4v) is 2.71. The van der Waals surface area contributed by atoms with Crippen LogP contribution >= 0.6 is 0 Å². The van der Waals surface area contributed by atoms with Crippen molar-refractivity contribution in [3.05, 3.63) is 36.4 Å². The van der Waals surface area contributed by atoms with E-state index in [0.717, 1.165) is 37.6 Å². The molecule has 0 radical (unpaired) electrons. The van der Waals surface area contributed by atoms with Gasteiger partial charge in [-0.05, 0) is 24.3 Å². The van der Waals surface area contributed by atoms with Crippen molar-refractivity contribution in [1.82, 2.24) is 9.80 Å². The lowest BCUT2D eigenvalue weighted by molar-refractivity contribution is -0.139. The first-order valence-corrected chi connectivity index (χ1v) is 7.32. The Morgan fingerprint density at radius 3 is 2.09 bits per heavy atom. The number of carbonyl (C=O) groups is 2. The van der Waals surface area contributed by atoms with E-state index in [1.54, 1.807) is 7.11 Å². The summed E-state index contributed by atoms with van der Waals surface area (Å²) in [5, 5.41) is 0. The summed E-state index contributed by atoms with van der Waals surface area (Å²) in [6.07, 6.45) is 2.66. The van der Waals surface area contributed by atoms with Gasteiger partial charge in [0.05, 0.1) is 13.8 Å². The minimum absolute atomic E-state index is 0.220. The van der Waals surface area contributed by atoms with Crippen LogP contribution in [0.25, 0.3) is 0 Å². The third kappa shape index (κ3) is 2.96. The Kier molecular flexibility index (Phi) is 4.11. The first kappa shape index (κ1) is 14.6. The van der Waals surface area contributed by atoms with Crippen LogP contribution in [0.5, 0.6) is 5.75 Å². The van der Waals surface area contributed by atoms with E-state index in [1.807, 2.05) is 24.3 Å². The van der Waals surface area contributed by atoms with Gasteiger partial charge in [0.25, 0.3) is 11.8 Å². The first-order valence-electron chi connectivity index (χ1n) is 7.32.